The van der Waals surface area contributed by atoms with E-state index in [1.54, 1.807) is 0 Å². The van der Waals surface area contributed by atoms with E-state index < -0.39 is 34.9 Å². The van der Waals surface area contributed by atoms with E-state index in [1.165, 1.54) is 0 Å². The second-order valence-electron chi connectivity index (χ2n) is 3.11. The van der Waals surface area contributed by atoms with Crippen LogP contribution in [-0.4, -0.2) is 22.4 Å². The molecule has 0 saturated heterocycles. The average Bonchev–Trinajstić information content (AvgIpc) is 2.19. The van der Waals surface area contributed by atoms with Gasteiger partial charge in [-0.15, -0.1) is 0 Å². The highest BCUT2D eigenvalue weighted by molar-refractivity contribution is 5.80. The first-order valence-electron chi connectivity index (χ1n) is 4.09. The number of carboxylic acids is 1. The van der Waals surface area contributed by atoms with Crippen LogP contribution in [0.3, 0.4) is 0 Å². The Kier molecular flexibility index (Phi) is 3.11. The minimum atomic E-state index is -5.69. The third-order valence-electron chi connectivity index (χ3n) is 2.06. The van der Waals surface area contributed by atoms with Crippen LogP contribution in [0.2, 0.25) is 0 Å². The molecule has 1 atom stereocenters. The lowest BCUT2D eigenvalue weighted by Gasteiger charge is -2.26. The van der Waals surface area contributed by atoms with Crippen LogP contribution in [0.15, 0.2) is 18.2 Å². The predicted molar refractivity (Wildman–Crippen MR) is 43.9 cm³/mol. The fourth-order valence-corrected chi connectivity index (χ4v) is 1.17. The molecule has 1 unspecified atom stereocenters. The van der Waals surface area contributed by atoms with Crippen molar-refractivity contribution in [2.24, 2.45) is 0 Å². The highest BCUT2D eigenvalue weighted by Crippen LogP contribution is 2.40. The maximum Gasteiger partial charge on any atom is 0.432 e. The Bertz CT molecular complexity index is 456. The van der Waals surface area contributed by atoms with Crippen LogP contribution in [0.25, 0.3) is 0 Å². The number of alkyl halides is 3. The number of aliphatic carboxylic acids is 1. The summed E-state index contributed by atoms with van der Waals surface area (Å²) in [4.78, 5) is 10.5. The largest absolute Gasteiger partial charge is 0.479 e. The van der Waals surface area contributed by atoms with E-state index in [0.29, 0.717) is 18.2 Å². The van der Waals surface area contributed by atoms with E-state index in [2.05, 4.69) is 0 Å². The summed E-state index contributed by atoms with van der Waals surface area (Å²) in [6.45, 7) is 0. The molecule has 0 saturated carbocycles. The van der Waals surface area contributed by atoms with Crippen LogP contribution in [0, 0.1) is 11.6 Å². The maximum atomic E-state index is 13.1. The molecule has 0 heterocycles. The molecule has 1 rings (SSSR count). The molecule has 0 radical (unpaired) electrons. The Morgan fingerprint density at radius 2 is 1.71 bits per heavy atom. The molecule has 8 heteroatoms. The summed E-state index contributed by atoms with van der Waals surface area (Å²) in [5.74, 6) is -6.49. The zero-order valence-corrected chi connectivity index (χ0v) is 7.92. The molecule has 0 amide bonds. The first kappa shape index (κ1) is 13.4. The fourth-order valence-electron chi connectivity index (χ4n) is 1.17. The third kappa shape index (κ3) is 1.95. The highest BCUT2D eigenvalue weighted by atomic mass is 19.4. The van der Waals surface area contributed by atoms with Crippen LogP contribution in [0.5, 0.6) is 0 Å². The molecule has 2 N–H and O–H groups in total. The Morgan fingerprint density at radius 3 is 2.12 bits per heavy atom. The van der Waals surface area contributed by atoms with Crippen molar-refractivity contribution in [3.8, 4) is 0 Å². The van der Waals surface area contributed by atoms with Crippen LogP contribution in [0.1, 0.15) is 5.56 Å². The molecular formula is C9H5F5O3. The molecule has 0 bridgehead atoms. The van der Waals surface area contributed by atoms with Crippen LogP contribution < -0.4 is 0 Å². The van der Waals surface area contributed by atoms with Gasteiger partial charge < -0.3 is 10.2 Å². The molecule has 1 aromatic rings. The summed E-state index contributed by atoms with van der Waals surface area (Å²) in [5, 5.41) is 17.4. The van der Waals surface area contributed by atoms with E-state index in [-0.39, 0.29) is 0 Å². The van der Waals surface area contributed by atoms with Crippen molar-refractivity contribution in [1.29, 1.82) is 0 Å². The van der Waals surface area contributed by atoms with E-state index in [0.717, 1.165) is 0 Å². The zero-order chi connectivity index (χ0) is 13.4. The van der Waals surface area contributed by atoms with Gasteiger partial charge in [0.2, 0.25) is 0 Å². The van der Waals surface area contributed by atoms with Crippen molar-refractivity contribution in [2.75, 3.05) is 0 Å². The first-order chi connectivity index (χ1) is 7.62. The van der Waals surface area contributed by atoms with Gasteiger partial charge >= 0.3 is 12.1 Å². The second kappa shape index (κ2) is 3.95. The Morgan fingerprint density at radius 1 is 1.18 bits per heavy atom. The zero-order valence-electron chi connectivity index (χ0n) is 7.92. The van der Waals surface area contributed by atoms with Gasteiger partial charge in [-0.25, -0.2) is 13.6 Å². The van der Waals surface area contributed by atoms with E-state index in [1.807, 2.05) is 0 Å². The quantitative estimate of drug-likeness (QED) is 0.793. The van der Waals surface area contributed by atoms with Crippen LogP contribution in [-0.2, 0) is 10.4 Å². The summed E-state index contributed by atoms with van der Waals surface area (Å²) in [5.41, 5.74) is -6.18. The summed E-state index contributed by atoms with van der Waals surface area (Å²) in [6, 6.07) is 1.50. The number of benzene rings is 1. The third-order valence-corrected chi connectivity index (χ3v) is 2.06. The SMILES string of the molecule is O=C(O)C(O)(c1cccc(F)c1F)C(F)(F)F. The molecule has 3 nitrogen and oxygen atoms in total. The Hall–Kier alpha value is -1.70. The van der Waals surface area contributed by atoms with Gasteiger partial charge in [-0.3, -0.25) is 0 Å². The fraction of sp³-hybridized carbons (Fsp3) is 0.222. The van der Waals surface area contributed by atoms with Gasteiger partial charge in [0.1, 0.15) is 0 Å². The first-order valence-corrected chi connectivity index (χ1v) is 4.09. The number of aliphatic hydroxyl groups is 1. The van der Waals surface area contributed by atoms with Gasteiger partial charge in [-0.2, -0.15) is 13.2 Å². The van der Waals surface area contributed by atoms with Crippen molar-refractivity contribution in [3.63, 3.8) is 0 Å². The van der Waals surface area contributed by atoms with E-state index in [4.69, 9.17) is 10.2 Å². The number of hydrogen-bond acceptors (Lipinski definition) is 2. The molecule has 0 spiro atoms. The number of carbonyl (C=O) groups is 1. The smallest absolute Gasteiger partial charge is 0.432 e. The minimum Gasteiger partial charge on any atom is -0.479 e. The molecule has 17 heavy (non-hydrogen) atoms. The molecule has 94 valence electrons. The summed E-state index contributed by atoms with van der Waals surface area (Å²) < 4.78 is 63.1. The van der Waals surface area contributed by atoms with Crippen molar-refractivity contribution in [2.45, 2.75) is 11.8 Å². The van der Waals surface area contributed by atoms with Crippen LogP contribution in [0.4, 0.5) is 22.0 Å². The standard InChI is InChI=1S/C9H5F5O3/c10-5-3-1-2-4(6(5)11)8(17,7(15)16)9(12,13)14/h1-3,17H,(H,15,16). The lowest BCUT2D eigenvalue weighted by atomic mass is 9.92. The number of halogens is 5. The van der Waals surface area contributed by atoms with Crippen molar-refractivity contribution < 1.29 is 37.0 Å². The maximum absolute atomic E-state index is 13.1. The van der Waals surface area contributed by atoms with Gasteiger partial charge in [-0.05, 0) is 6.07 Å². The Balaban J connectivity index is 3.55. The molecule has 0 fully saturated rings. The van der Waals surface area contributed by atoms with E-state index in [9.17, 15) is 26.7 Å². The summed E-state index contributed by atoms with van der Waals surface area (Å²) in [6.07, 6.45) is -5.69. The Labute approximate surface area is 91.1 Å². The highest BCUT2D eigenvalue weighted by Gasteiger charge is 2.62. The van der Waals surface area contributed by atoms with Crippen molar-refractivity contribution in [1.82, 2.24) is 0 Å². The van der Waals surface area contributed by atoms with Gasteiger partial charge in [0.25, 0.3) is 5.60 Å². The molecule has 0 aliphatic heterocycles. The molecule has 1 aromatic carbocycles. The molecule has 0 aliphatic rings. The number of hydrogen-bond donors (Lipinski definition) is 2. The lowest BCUT2D eigenvalue weighted by Crippen LogP contribution is -2.49. The molecular weight excluding hydrogens is 251 g/mol. The van der Waals surface area contributed by atoms with Gasteiger partial charge in [0.15, 0.2) is 11.6 Å². The normalized spacial score (nSPS) is 15.4. The lowest BCUT2D eigenvalue weighted by molar-refractivity contribution is -0.266. The summed E-state index contributed by atoms with van der Waals surface area (Å²) >= 11 is 0. The topological polar surface area (TPSA) is 57.5 Å². The molecule has 0 aliphatic carbocycles. The minimum absolute atomic E-state index is 0.347. The molecule has 0 aromatic heterocycles. The average molecular weight is 256 g/mol. The number of carboxylic acid groups (broad SMARTS) is 1. The summed E-state index contributed by atoms with van der Waals surface area (Å²) in [7, 11) is 0. The van der Waals surface area contributed by atoms with Crippen LogP contribution >= 0.6 is 0 Å². The van der Waals surface area contributed by atoms with Crippen molar-refractivity contribution >= 4 is 5.97 Å². The van der Waals surface area contributed by atoms with Crippen molar-refractivity contribution in [3.05, 3.63) is 35.4 Å². The van der Waals surface area contributed by atoms with Gasteiger partial charge in [-0.1, -0.05) is 12.1 Å². The second-order valence-corrected chi connectivity index (χ2v) is 3.11. The predicted octanol–water partition coefficient (Wildman–Crippen LogP) is 1.80. The van der Waals surface area contributed by atoms with E-state index >= 15 is 0 Å². The monoisotopic (exact) mass is 256 g/mol. The van der Waals surface area contributed by atoms with Gasteiger partial charge in [0.05, 0.1) is 0 Å². The number of rotatable bonds is 2. The van der Waals surface area contributed by atoms with Gasteiger partial charge in [0, 0.05) is 5.56 Å².